The molecule has 0 spiro atoms. The molecule has 3 rings (SSSR count). The second-order valence-electron chi connectivity index (χ2n) is 7.01. The summed E-state index contributed by atoms with van der Waals surface area (Å²) < 4.78 is 3.81. The highest BCUT2D eigenvalue weighted by atomic mass is 16.2. The van der Waals surface area contributed by atoms with Crippen molar-refractivity contribution < 1.29 is 9.59 Å². The molecule has 0 bridgehead atoms. The van der Waals surface area contributed by atoms with Crippen LogP contribution in [-0.2, 0) is 17.9 Å². The van der Waals surface area contributed by atoms with Crippen LogP contribution in [0.5, 0.6) is 0 Å². The summed E-state index contributed by atoms with van der Waals surface area (Å²) in [6, 6.07) is 0. The van der Waals surface area contributed by atoms with Crippen molar-refractivity contribution in [3.8, 4) is 0 Å². The fourth-order valence-corrected chi connectivity index (χ4v) is 3.95. The van der Waals surface area contributed by atoms with Crippen LogP contribution in [0.3, 0.4) is 0 Å². The van der Waals surface area contributed by atoms with E-state index in [9.17, 15) is 9.59 Å². The number of Topliss-reactive ketones (excluding diaryl/α,β-unsaturated/α-hetero) is 1. The number of likely N-dealkylation sites (tertiary alicyclic amines) is 1. The minimum atomic E-state index is -0.0110. The summed E-state index contributed by atoms with van der Waals surface area (Å²) in [5.41, 5.74) is 2.07. The highest BCUT2D eigenvalue weighted by Crippen LogP contribution is 2.26. The van der Waals surface area contributed by atoms with Gasteiger partial charge in [0, 0.05) is 43.6 Å². The van der Waals surface area contributed by atoms with Gasteiger partial charge in [-0.2, -0.15) is 5.10 Å². The molecular formula is C19H27N5O2. The molecule has 1 atom stereocenters. The van der Waals surface area contributed by atoms with Crippen LogP contribution in [0.15, 0.2) is 12.4 Å². The van der Waals surface area contributed by atoms with Crippen LogP contribution in [0, 0.1) is 13.8 Å². The smallest absolute Gasteiger partial charge is 0.244 e. The molecule has 1 aliphatic rings. The highest BCUT2D eigenvalue weighted by Gasteiger charge is 2.28. The van der Waals surface area contributed by atoms with Gasteiger partial charge in [0.05, 0.1) is 11.3 Å². The van der Waals surface area contributed by atoms with Gasteiger partial charge in [0.15, 0.2) is 5.78 Å². The molecule has 7 heteroatoms. The van der Waals surface area contributed by atoms with Gasteiger partial charge in [0.2, 0.25) is 5.91 Å². The van der Waals surface area contributed by atoms with Crippen molar-refractivity contribution in [2.45, 2.75) is 59.5 Å². The van der Waals surface area contributed by atoms with Gasteiger partial charge in [-0.25, -0.2) is 4.98 Å². The van der Waals surface area contributed by atoms with E-state index in [1.165, 1.54) is 6.92 Å². The first-order valence-electron chi connectivity index (χ1n) is 9.26. The van der Waals surface area contributed by atoms with Gasteiger partial charge in [0.1, 0.15) is 12.4 Å². The molecule has 1 fully saturated rings. The minimum absolute atomic E-state index is 0.0110. The van der Waals surface area contributed by atoms with E-state index in [0.717, 1.165) is 37.4 Å². The lowest BCUT2D eigenvalue weighted by molar-refractivity contribution is -0.133. The second kappa shape index (κ2) is 7.43. The molecule has 2 aromatic heterocycles. The average molecular weight is 357 g/mol. The Morgan fingerprint density at radius 1 is 1.31 bits per heavy atom. The van der Waals surface area contributed by atoms with E-state index in [-0.39, 0.29) is 24.2 Å². The third kappa shape index (κ3) is 3.43. The fourth-order valence-electron chi connectivity index (χ4n) is 3.95. The van der Waals surface area contributed by atoms with Crippen LogP contribution in [0.4, 0.5) is 0 Å². The van der Waals surface area contributed by atoms with E-state index in [1.807, 2.05) is 31.1 Å². The molecule has 2 aromatic rings. The van der Waals surface area contributed by atoms with Gasteiger partial charge in [-0.05, 0) is 40.5 Å². The van der Waals surface area contributed by atoms with E-state index in [0.29, 0.717) is 17.8 Å². The Labute approximate surface area is 154 Å². The maximum absolute atomic E-state index is 12.8. The number of hydrogen-bond acceptors (Lipinski definition) is 4. The van der Waals surface area contributed by atoms with Crippen molar-refractivity contribution in [2.75, 3.05) is 13.1 Å². The summed E-state index contributed by atoms with van der Waals surface area (Å²) in [4.78, 5) is 31.0. The van der Waals surface area contributed by atoms with Crippen LogP contribution in [0.2, 0.25) is 0 Å². The van der Waals surface area contributed by atoms with Gasteiger partial charge in [-0.15, -0.1) is 0 Å². The fraction of sp³-hybridized carbons (Fsp3) is 0.579. The Morgan fingerprint density at radius 2 is 2.08 bits per heavy atom. The van der Waals surface area contributed by atoms with Gasteiger partial charge >= 0.3 is 0 Å². The number of carbonyl (C=O) groups is 2. The molecule has 0 unspecified atom stereocenters. The molecule has 26 heavy (non-hydrogen) atoms. The molecule has 140 valence electrons. The summed E-state index contributed by atoms with van der Waals surface area (Å²) in [5.74, 6) is 1.37. The van der Waals surface area contributed by atoms with E-state index in [2.05, 4.69) is 21.6 Å². The number of carbonyl (C=O) groups excluding carboxylic acids is 2. The van der Waals surface area contributed by atoms with Gasteiger partial charge in [-0.1, -0.05) is 0 Å². The lowest BCUT2D eigenvalue weighted by atomic mass is 9.97. The second-order valence-corrected chi connectivity index (χ2v) is 7.01. The normalized spacial score (nSPS) is 17.5. The number of hydrogen-bond donors (Lipinski definition) is 0. The Balaban J connectivity index is 1.72. The number of rotatable bonds is 5. The first kappa shape index (κ1) is 18.4. The molecule has 0 saturated carbocycles. The van der Waals surface area contributed by atoms with E-state index < -0.39 is 0 Å². The molecule has 1 saturated heterocycles. The number of amides is 1. The lowest BCUT2D eigenvalue weighted by Crippen LogP contribution is -2.41. The molecule has 0 N–H and O–H groups in total. The standard InChI is InChI=1S/C19H27N5O2/c1-5-22-10-8-20-19(22)16-7-6-9-23(11-16)17(26)12-24-14(3)18(15(4)25)13(2)21-24/h8,10,16H,5-7,9,11-12H2,1-4H3/t16-/m0/s1. The largest absolute Gasteiger partial charge is 0.340 e. The number of nitrogens with zero attached hydrogens (tertiary/aromatic N) is 5. The Kier molecular flexibility index (Phi) is 5.25. The highest BCUT2D eigenvalue weighted by molar-refractivity contribution is 5.96. The van der Waals surface area contributed by atoms with Crippen LogP contribution < -0.4 is 0 Å². The van der Waals surface area contributed by atoms with Crippen LogP contribution >= 0.6 is 0 Å². The van der Waals surface area contributed by atoms with Crippen molar-refractivity contribution in [1.29, 1.82) is 0 Å². The van der Waals surface area contributed by atoms with Crippen molar-refractivity contribution in [3.63, 3.8) is 0 Å². The maximum Gasteiger partial charge on any atom is 0.244 e. The topological polar surface area (TPSA) is 73.0 Å². The first-order valence-corrected chi connectivity index (χ1v) is 9.26. The zero-order valence-electron chi connectivity index (χ0n) is 16.0. The molecule has 3 heterocycles. The van der Waals surface area contributed by atoms with E-state index >= 15 is 0 Å². The van der Waals surface area contributed by atoms with Crippen molar-refractivity contribution >= 4 is 11.7 Å². The van der Waals surface area contributed by atoms with Gasteiger partial charge in [0.25, 0.3) is 0 Å². The predicted octanol–water partition coefficient (Wildman–Crippen LogP) is 2.33. The van der Waals surface area contributed by atoms with Crippen LogP contribution in [-0.4, -0.2) is 49.0 Å². The van der Waals surface area contributed by atoms with Crippen molar-refractivity contribution in [2.24, 2.45) is 0 Å². The quantitative estimate of drug-likeness (QED) is 0.770. The zero-order valence-corrected chi connectivity index (χ0v) is 16.0. The predicted molar refractivity (Wildman–Crippen MR) is 98.2 cm³/mol. The first-order chi connectivity index (χ1) is 12.4. The SMILES string of the molecule is CCn1ccnc1[C@H]1CCCN(C(=O)Cn2nc(C)c(C(C)=O)c2C)C1. The molecule has 1 aliphatic heterocycles. The maximum atomic E-state index is 12.8. The molecule has 0 radical (unpaired) electrons. The Bertz CT molecular complexity index is 820. The summed E-state index contributed by atoms with van der Waals surface area (Å²) in [5, 5.41) is 4.39. The number of aromatic nitrogens is 4. The molecule has 0 aromatic carbocycles. The molecule has 1 amide bonds. The van der Waals surface area contributed by atoms with Crippen molar-refractivity contribution in [3.05, 3.63) is 35.2 Å². The zero-order chi connectivity index (χ0) is 18.8. The summed E-state index contributed by atoms with van der Waals surface area (Å²) >= 11 is 0. The van der Waals surface area contributed by atoms with Crippen molar-refractivity contribution in [1.82, 2.24) is 24.2 Å². The molecule has 7 nitrogen and oxygen atoms in total. The number of imidazole rings is 1. The lowest BCUT2D eigenvalue weighted by Gasteiger charge is -2.32. The number of ketones is 1. The summed E-state index contributed by atoms with van der Waals surface area (Å²) in [6.07, 6.45) is 5.85. The Hall–Kier alpha value is -2.44. The van der Waals surface area contributed by atoms with E-state index in [1.54, 1.807) is 4.68 Å². The van der Waals surface area contributed by atoms with Gasteiger partial charge in [-0.3, -0.25) is 14.3 Å². The monoisotopic (exact) mass is 357 g/mol. The molecule has 0 aliphatic carbocycles. The van der Waals surface area contributed by atoms with Crippen LogP contribution in [0.25, 0.3) is 0 Å². The Morgan fingerprint density at radius 3 is 2.73 bits per heavy atom. The summed E-state index contributed by atoms with van der Waals surface area (Å²) in [6.45, 7) is 9.82. The number of piperidine rings is 1. The summed E-state index contributed by atoms with van der Waals surface area (Å²) in [7, 11) is 0. The average Bonchev–Trinajstić information content (AvgIpc) is 3.19. The number of aryl methyl sites for hydroxylation is 2. The van der Waals surface area contributed by atoms with E-state index in [4.69, 9.17) is 0 Å². The third-order valence-electron chi connectivity index (χ3n) is 5.25. The minimum Gasteiger partial charge on any atom is -0.340 e. The van der Waals surface area contributed by atoms with Gasteiger partial charge < -0.3 is 9.47 Å². The van der Waals surface area contributed by atoms with Crippen LogP contribution in [0.1, 0.15) is 60.2 Å². The molecular weight excluding hydrogens is 330 g/mol. The third-order valence-corrected chi connectivity index (χ3v) is 5.25.